The zero-order valence-electron chi connectivity index (χ0n) is 20.1. The van der Waals surface area contributed by atoms with Crippen LogP contribution in [0.3, 0.4) is 0 Å². The van der Waals surface area contributed by atoms with Crippen LogP contribution in [-0.4, -0.2) is 36.9 Å². The van der Waals surface area contributed by atoms with Crippen LogP contribution in [0.1, 0.15) is 13.3 Å². The predicted molar refractivity (Wildman–Crippen MR) is 155 cm³/mol. The molecule has 0 radical (unpaired) electrons. The zero-order valence-corrected chi connectivity index (χ0v) is 21.9. The average Bonchev–Trinajstić information content (AvgIpc) is 2.91. The first-order chi connectivity index (χ1) is 16.8. The summed E-state index contributed by atoms with van der Waals surface area (Å²) in [7, 11) is -0.688. The highest BCUT2D eigenvalue weighted by Gasteiger charge is 2.18. The summed E-state index contributed by atoms with van der Waals surface area (Å²) < 4.78 is 0. The fourth-order valence-corrected chi connectivity index (χ4v) is 9.10. The Hall–Kier alpha value is -2.30. The van der Waals surface area contributed by atoms with Gasteiger partial charge in [0.2, 0.25) is 0 Å². The van der Waals surface area contributed by atoms with E-state index < -0.39 is 0 Å². The van der Waals surface area contributed by atoms with Crippen LogP contribution in [0.25, 0.3) is 0 Å². The van der Waals surface area contributed by atoms with Crippen LogP contribution in [0.5, 0.6) is 0 Å². The first-order valence-electron chi connectivity index (χ1n) is 12.3. The number of benzene rings is 4. The monoisotopic (exact) mass is 483 g/mol. The topological polar surface area (TPSA) is 3.24 Å². The SMILES string of the molecule is CCCN(CCP(c1ccccc1)c1ccccc1)CCP(c1ccccc1)c1ccccc1. The van der Waals surface area contributed by atoms with E-state index in [9.17, 15) is 0 Å². The van der Waals surface area contributed by atoms with Gasteiger partial charge in [-0.3, -0.25) is 0 Å². The van der Waals surface area contributed by atoms with Gasteiger partial charge in [-0.2, -0.15) is 0 Å². The molecule has 0 aliphatic heterocycles. The van der Waals surface area contributed by atoms with E-state index in [1.54, 1.807) is 0 Å². The third-order valence-corrected chi connectivity index (χ3v) is 11.1. The molecule has 0 saturated heterocycles. The zero-order chi connectivity index (χ0) is 23.4. The van der Waals surface area contributed by atoms with E-state index in [1.165, 1.54) is 46.5 Å². The first kappa shape index (κ1) is 24.8. The van der Waals surface area contributed by atoms with E-state index in [0.29, 0.717) is 0 Å². The maximum atomic E-state index is 2.71. The van der Waals surface area contributed by atoms with Crippen LogP contribution >= 0.6 is 15.8 Å². The molecule has 4 aromatic rings. The molecule has 3 heteroatoms. The van der Waals surface area contributed by atoms with Crippen LogP contribution in [0, 0.1) is 0 Å². The normalized spacial score (nSPS) is 11.4. The third kappa shape index (κ3) is 7.10. The molecule has 0 atom stereocenters. The predicted octanol–water partition coefficient (Wildman–Crippen LogP) is 5.96. The fourth-order valence-electron chi connectivity index (χ4n) is 4.38. The minimum atomic E-state index is -0.344. The lowest BCUT2D eigenvalue weighted by molar-refractivity contribution is 0.309. The maximum Gasteiger partial charge on any atom is 0.00268 e. The summed E-state index contributed by atoms with van der Waals surface area (Å²) in [5.41, 5.74) is 0. The molecule has 0 heterocycles. The Labute approximate surface area is 208 Å². The molecule has 0 unspecified atom stereocenters. The summed E-state index contributed by atoms with van der Waals surface area (Å²) in [5, 5.41) is 5.93. The molecule has 0 N–H and O–H groups in total. The molecule has 0 spiro atoms. The Kier molecular flexibility index (Phi) is 9.89. The summed E-state index contributed by atoms with van der Waals surface area (Å²) in [4.78, 5) is 2.71. The van der Waals surface area contributed by atoms with Gasteiger partial charge in [0.15, 0.2) is 0 Å². The van der Waals surface area contributed by atoms with E-state index in [0.717, 1.165) is 13.1 Å². The summed E-state index contributed by atoms with van der Waals surface area (Å²) in [6, 6.07) is 44.5. The highest BCUT2D eigenvalue weighted by Crippen LogP contribution is 2.35. The molecule has 0 fully saturated rings. The molecular formula is C31H35NP2. The van der Waals surface area contributed by atoms with Crippen molar-refractivity contribution in [3.63, 3.8) is 0 Å². The van der Waals surface area contributed by atoms with Crippen molar-refractivity contribution in [1.29, 1.82) is 0 Å². The van der Waals surface area contributed by atoms with Crippen molar-refractivity contribution in [2.45, 2.75) is 13.3 Å². The smallest absolute Gasteiger partial charge is 0.00268 e. The minimum absolute atomic E-state index is 0.344. The van der Waals surface area contributed by atoms with Crippen LogP contribution in [0.2, 0.25) is 0 Å². The Morgan fingerprint density at radius 2 is 0.735 bits per heavy atom. The molecule has 0 saturated carbocycles. The van der Waals surface area contributed by atoms with Crippen molar-refractivity contribution in [3.05, 3.63) is 121 Å². The Balaban J connectivity index is 1.48. The molecular weight excluding hydrogens is 448 g/mol. The largest absolute Gasteiger partial charge is 0.303 e. The molecule has 0 bridgehead atoms. The van der Waals surface area contributed by atoms with Gasteiger partial charge in [-0.15, -0.1) is 0 Å². The van der Waals surface area contributed by atoms with Crippen molar-refractivity contribution < 1.29 is 0 Å². The molecule has 1 nitrogen and oxygen atoms in total. The Morgan fingerprint density at radius 1 is 0.441 bits per heavy atom. The van der Waals surface area contributed by atoms with Crippen molar-refractivity contribution in [2.75, 3.05) is 32.0 Å². The van der Waals surface area contributed by atoms with Gasteiger partial charge in [-0.1, -0.05) is 128 Å². The molecule has 4 aromatic carbocycles. The van der Waals surface area contributed by atoms with Crippen LogP contribution < -0.4 is 21.2 Å². The summed E-state index contributed by atoms with van der Waals surface area (Å²) in [6.45, 7) is 5.77. The van der Waals surface area contributed by atoms with Gasteiger partial charge < -0.3 is 4.90 Å². The third-order valence-electron chi connectivity index (χ3n) is 6.09. The van der Waals surface area contributed by atoms with Gasteiger partial charge in [0.1, 0.15) is 0 Å². The van der Waals surface area contributed by atoms with Crippen molar-refractivity contribution in [1.82, 2.24) is 4.90 Å². The number of rotatable bonds is 12. The molecule has 0 aliphatic carbocycles. The van der Waals surface area contributed by atoms with Gasteiger partial charge in [-0.25, -0.2) is 0 Å². The quantitative estimate of drug-likeness (QED) is 0.225. The van der Waals surface area contributed by atoms with E-state index in [1.807, 2.05) is 0 Å². The lowest BCUT2D eigenvalue weighted by Crippen LogP contribution is -2.33. The number of hydrogen-bond acceptors (Lipinski definition) is 1. The highest BCUT2D eigenvalue weighted by molar-refractivity contribution is 7.73. The van der Waals surface area contributed by atoms with Crippen LogP contribution in [-0.2, 0) is 0 Å². The van der Waals surface area contributed by atoms with Crippen molar-refractivity contribution >= 4 is 37.1 Å². The first-order valence-corrected chi connectivity index (χ1v) is 15.4. The fraction of sp³-hybridized carbons (Fsp3) is 0.226. The summed E-state index contributed by atoms with van der Waals surface area (Å²) >= 11 is 0. The van der Waals surface area contributed by atoms with E-state index in [4.69, 9.17) is 0 Å². The van der Waals surface area contributed by atoms with Gasteiger partial charge in [0.25, 0.3) is 0 Å². The second-order valence-corrected chi connectivity index (χ2v) is 13.2. The molecule has 0 aliphatic rings. The molecule has 34 heavy (non-hydrogen) atoms. The van der Waals surface area contributed by atoms with Gasteiger partial charge >= 0.3 is 0 Å². The molecule has 4 rings (SSSR count). The van der Waals surface area contributed by atoms with Gasteiger partial charge in [-0.05, 0) is 62.4 Å². The highest BCUT2D eigenvalue weighted by atomic mass is 31.1. The average molecular weight is 484 g/mol. The number of nitrogens with zero attached hydrogens (tertiary/aromatic N) is 1. The lowest BCUT2D eigenvalue weighted by Gasteiger charge is -2.28. The Morgan fingerprint density at radius 3 is 1.00 bits per heavy atom. The van der Waals surface area contributed by atoms with Gasteiger partial charge in [0, 0.05) is 13.1 Å². The van der Waals surface area contributed by atoms with E-state index in [-0.39, 0.29) is 15.8 Å². The summed E-state index contributed by atoms with van der Waals surface area (Å²) in [5.74, 6) is 0. The minimum Gasteiger partial charge on any atom is -0.303 e. The van der Waals surface area contributed by atoms with Crippen LogP contribution in [0.15, 0.2) is 121 Å². The van der Waals surface area contributed by atoms with Crippen molar-refractivity contribution in [3.8, 4) is 0 Å². The van der Waals surface area contributed by atoms with E-state index >= 15 is 0 Å². The molecule has 0 amide bonds. The van der Waals surface area contributed by atoms with Crippen molar-refractivity contribution in [2.24, 2.45) is 0 Å². The molecule has 174 valence electrons. The Bertz CT molecular complexity index is 905. The molecule has 0 aromatic heterocycles. The maximum absolute atomic E-state index is 2.71. The van der Waals surface area contributed by atoms with Crippen LogP contribution in [0.4, 0.5) is 0 Å². The van der Waals surface area contributed by atoms with E-state index in [2.05, 4.69) is 133 Å². The lowest BCUT2D eigenvalue weighted by atomic mass is 10.4. The second-order valence-electron chi connectivity index (χ2n) is 8.49. The van der Waals surface area contributed by atoms with Gasteiger partial charge in [0.05, 0.1) is 0 Å². The second kappa shape index (κ2) is 13.6. The summed E-state index contributed by atoms with van der Waals surface area (Å²) in [6.07, 6.45) is 3.61. The standard InChI is InChI=1S/C31H35NP2/c1-2-23-32(24-26-33(28-15-7-3-8-16-28)29-17-9-4-10-18-29)25-27-34(30-19-11-5-12-20-30)31-21-13-6-14-22-31/h3-22H,2,23-27H2,1H3. The number of hydrogen-bond donors (Lipinski definition) is 0.